The van der Waals surface area contributed by atoms with E-state index in [1.807, 2.05) is 24.3 Å². The van der Waals surface area contributed by atoms with Gasteiger partial charge in [0.1, 0.15) is 5.82 Å². The highest BCUT2D eigenvalue weighted by Gasteiger charge is 2.24. The van der Waals surface area contributed by atoms with Gasteiger partial charge in [0, 0.05) is 36.5 Å². The van der Waals surface area contributed by atoms with Crippen molar-refractivity contribution in [2.45, 2.75) is 25.2 Å². The van der Waals surface area contributed by atoms with Gasteiger partial charge in [0.25, 0.3) is 0 Å². The van der Waals surface area contributed by atoms with E-state index in [-0.39, 0.29) is 11.8 Å². The quantitative estimate of drug-likeness (QED) is 0.396. The maximum atomic E-state index is 12.6. The highest BCUT2D eigenvalue weighted by Crippen LogP contribution is 2.38. The number of anilines is 2. The molecule has 0 saturated carbocycles. The molecule has 2 aliphatic heterocycles. The van der Waals surface area contributed by atoms with Crippen LogP contribution in [0.5, 0.6) is 0 Å². The van der Waals surface area contributed by atoms with Gasteiger partial charge in [-0.25, -0.2) is 9.78 Å². The summed E-state index contributed by atoms with van der Waals surface area (Å²) >= 11 is 6.49. The summed E-state index contributed by atoms with van der Waals surface area (Å²) in [5.74, 6) is -0.197. The summed E-state index contributed by atoms with van der Waals surface area (Å²) < 4.78 is 0. The van der Waals surface area contributed by atoms with Crippen LogP contribution in [0, 0.1) is 5.92 Å². The van der Waals surface area contributed by atoms with E-state index in [1.54, 1.807) is 18.3 Å². The van der Waals surface area contributed by atoms with Crippen LogP contribution < -0.4 is 16.0 Å². The highest BCUT2D eigenvalue weighted by molar-refractivity contribution is 6.33. The Labute approximate surface area is 208 Å². The number of carbonyl (C=O) groups is 2. The molecule has 2 aliphatic rings. The van der Waals surface area contributed by atoms with Gasteiger partial charge in [-0.1, -0.05) is 35.9 Å². The first-order valence-corrected chi connectivity index (χ1v) is 12.2. The Morgan fingerprint density at radius 2 is 1.94 bits per heavy atom. The van der Waals surface area contributed by atoms with Crippen LogP contribution in [-0.4, -0.2) is 41.6 Å². The number of hydrogen-bond donors (Lipinski definition) is 4. The van der Waals surface area contributed by atoms with Crippen molar-refractivity contribution in [2.75, 3.05) is 30.3 Å². The van der Waals surface area contributed by atoms with Crippen molar-refractivity contribution in [3.63, 3.8) is 0 Å². The van der Waals surface area contributed by atoms with Crippen molar-refractivity contribution >= 4 is 35.0 Å². The first-order chi connectivity index (χ1) is 17.0. The zero-order valence-electron chi connectivity index (χ0n) is 19.2. The Kier molecular flexibility index (Phi) is 6.70. The number of hydrogen-bond acceptors (Lipinski definition) is 5. The Morgan fingerprint density at radius 1 is 1.11 bits per heavy atom. The number of carboxylic acid groups (broad SMARTS) is 1. The highest BCUT2D eigenvalue weighted by atomic mass is 35.5. The lowest BCUT2D eigenvalue weighted by atomic mass is 9.92. The molecule has 2 unspecified atom stereocenters. The normalized spacial score (nSPS) is 19.0. The van der Waals surface area contributed by atoms with Crippen molar-refractivity contribution in [1.29, 1.82) is 0 Å². The van der Waals surface area contributed by atoms with Crippen LogP contribution >= 0.6 is 11.6 Å². The SMILES string of the molecule is O=C(O)c1ccc(CC2CNc3cc(-c4cc(NC(=O)C5CCCNC5)ncc4Cl)ccc32)cc1. The van der Waals surface area contributed by atoms with Crippen LogP contribution in [0.15, 0.2) is 54.7 Å². The number of halogens is 1. The van der Waals surface area contributed by atoms with Gasteiger partial charge in [0.15, 0.2) is 0 Å². The average molecular weight is 491 g/mol. The fourth-order valence-electron chi connectivity index (χ4n) is 4.86. The molecule has 1 saturated heterocycles. The number of amides is 1. The Balaban J connectivity index is 1.32. The molecular formula is C27H27ClN4O3. The van der Waals surface area contributed by atoms with E-state index >= 15 is 0 Å². The number of carboxylic acids is 1. The lowest BCUT2D eigenvalue weighted by Crippen LogP contribution is -2.37. The molecule has 2 aromatic carbocycles. The van der Waals surface area contributed by atoms with Gasteiger partial charge < -0.3 is 21.1 Å². The Morgan fingerprint density at radius 3 is 2.69 bits per heavy atom. The number of nitrogens with one attached hydrogen (secondary N) is 3. The van der Waals surface area contributed by atoms with Crippen LogP contribution in [0.2, 0.25) is 5.02 Å². The predicted molar refractivity (Wildman–Crippen MR) is 137 cm³/mol. The number of piperidine rings is 1. The standard InChI is InChI=1S/C27H27ClN4O3/c28-23-15-31-25(32-26(33)19-2-1-9-29-13-19)12-22(23)18-7-8-21-20(14-30-24(21)11-18)10-16-3-5-17(6-4-16)27(34)35/h3-8,11-12,15,19-20,29-30H,1-2,9-10,13-14H2,(H,34,35)(H,31,32,33). The summed E-state index contributed by atoms with van der Waals surface area (Å²) in [6, 6.07) is 15.1. The minimum absolute atomic E-state index is 0.0205. The molecule has 0 radical (unpaired) electrons. The lowest BCUT2D eigenvalue weighted by molar-refractivity contribution is -0.120. The minimum Gasteiger partial charge on any atom is -0.478 e. The van der Waals surface area contributed by atoms with E-state index in [0.717, 1.165) is 54.7 Å². The molecule has 4 N–H and O–H groups in total. The third-order valence-corrected chi connectivity index (χ3v) is 7.10. The zero-order valence-corrected chi connectivity index (χ0v) is 19.9. The second-order valence-electron chi connectivity index (χ2n) is 9.17. The predicted octanol–water partition coefficient (Wildman–Crippen LogP) is 4.79. The Hall–Kier alpha value is -3.42. The molecule has 3 aromatic rings. The van der Waals surface area contributed by atoms with Gasteiger partial charge in [-0.15, -0.1) is 0 Å². The van der Waals surface area contributed by atoms with Crippen LogP contribution in [-0.2, 0) is 11.2 Å². The van der Waals surface area contributed by atoms with Gasteiger partial charge in [-0.3, -0.25) is 4.79 Å². The number of pyridine rings is 1. The number of carbonyl (C=O) groups excluding carboxylic acids is 1. The summed E-state index contributed by atoms with van der Waals surface area (Å²) in [5, 5.41) is 19.3. The molecule has 1 aromatic heterocycles. The molecule has 1 fully saturated rings. The third-order valence-electron chi connectivity index (χ3n) is 6.80. The smallest absolute Gasteiger partial charge is 0.335 e. The van der Waals surface area contributed by atoms with Crippen molar-refractivity contribution in [2.24, 2.45) is 5.92 Å². The van der Waals surface area contributed by atoms with E-state index in [2.05, 4.69) is 33.1 Å². The summed E-state index contributed by atoms with van der Waals surface area (Å²) in [5.41, 5.74) is 5.44. The van der Waals surface area contributed by atoms with Gasteiger partial charge >= 0.3 is 5.97 Å². The third kappa shape index (κ3) is 5.16. The summed E-state index contributed by atoms with van der Waals surface area (Å²) in [7, 11) is 0. The van der Waals surface area contributed by atoms with Crippen molar-refractivity contribution in [3.05, 3.63) is 76.4 Å². The molecule has 3 heterocycles. The van der Waals surface area contributed by atoms with Crippen LogP contribution in [0.4, 0.5) is 11.5 Å². The number of fused-ring (bicyclic) bond motifs is 1. The number of rotatable bonds is 6. The lowest BCUT2D eigenvalue weighted by Gasteiger charge is -2.21. The molecule has 8 heteroatoms. The fourth-order valence-corrected chi connectivity index (χ4v) is 5.07. The maximum Gasteiger partial charge on any atom is 0.335 e. The van der Waals surface area contributed by atoms with Crippen LogP contribution in [0.25, 0.3) is 11.1 Å². The minimum atomic E-state index is -0.916. The van der Waals surface area contributed by atoms with Gasteiger partial charge in [-0.2, -0.15) is 0 Å². The molecule has 0 bridgehead atoms. The van der Waals surface area contributed by atoms with E-state index in [1.165, 1.54) is 5.56 Å². The first-order valence-electron chi connectivity index (χ1n) is 11.9. The molecule has 7 nitrogen and oxygen atoms in total. The zero-order chi connectivity index (χ0) is 24.4. The molecule has 180 valence electrons. The van der Waals surface area contributed by atoms with Gasteiger partial charge in [-0.05, 0) is 66.8 Å². The Bertz CT molecular complexity index is 1260. The molecule has 5 rings (SSSR count). The molecule has 35 heavy (non-hydrogen) atoms. The van der Waals surface area contributed by atoms with Crippen LogP contribution in [0.1, 0.15) is 40.2 Å². The van der Waals surface area contributed by atoms with E-state index in [4.69, 9.17) is 16.7 Å². The molecule has 0 spiro atoms. The average Bonchev–Trinajstić information content (AvgIpc) is 3.28. The maximum absolute atomic E-state index is 12.6. The topological polar surface area (TPSA) is 103 Å². The van der Waals surface area contributed by atoms with E-state index in [9.17, 15) is 9.59 Å². The monoisotopic (exact) mass is 490 g/mol. The van der Waals surface area contributed by atoms with E-state index < -0.39 is 5.97 Å². The van der Waals surface area contributed by atoms with Crippen LogP contribution in [0.3, 0.4) is 0 Å². The second kappa shape index (κ2) is 10.1. The van der Waals surface area contributed by atoms with Gasteiger partial charge in [0.2, 0.25) is 5.91 Å². The summed E-state index contributed by atoms with van der Waals surface area (Å²) in [6.45, 7) is 2.45. The van der Waals surface area contributed by atoms with Crippen molar-refractivity contribution in [1.82, 2.24) is 10.3 Å². The second-order valence-corrected chi connectivity index (χ2v) is 9.58. The fraction of sp³-hybridized carbons (Fsp3) is 0.296. The number of aromatic carboxylic acids is 1. The number of benzene rings is 2. The molecule has 1 amide bonds. The van der Waals surface area contributed by atoms with Crippen molar-refractivity contribution < 1.29 is 14.7 Å². The molecular weight excluding hydrogens is 464 g/mol. The summed E-state index contributed by atoms with van der Waals surface area (Å²) in [6.07, 6.45) is 4.27. The molecule has 0 aliphatic carbocycles. The number of nitrogens with zero attached hydrogens (tertiary/aromatic N) is 1. The molecule has 2 atom stereocenters. The summed E-state index contributed by atoms with van der Waals surface area (Å²) in [4.78, 5) is 28.0. The number of aromatic nitrogens is 1. The first kappa shape index (κ1) is 23.3. The van der Waals surface area contributed by atoms with Gasteiger partial charge in [0.05, 0.1) is 16.5 Å². The van der Waals surface area contributed by atoms with E-state index in [0.29, 0.717) is 28.9 Å². The largest absolute Gasteiger partial charge is 0.478 e. The van der Waals surface area contributed by atoms with Crippen molar-refractivity contribution in [3.8, 4) is 11.1 Å².